The molecule has 1 unspecified atom stereocenters. The third-order valence-corrected chi connectivity index (χ3v) is 4.81. The van der Waals surface area contributed by atoms with E-state index >= 15 is 0 Å². The van der Waals surface area contributed by atoms with Crippen molar-refractivity contribution in [3.05, 3.63) is 35.0 Å². The van der Waals surface area contributed by atoms with Gasteiger partial charge in [0.2, 0.25) is 0 Å². The summed E-state index contributed by atoms with van der Waals surface area (Å²) in [6, 6.07) is 1.90. The molecule has 144 valence electrons. The smallest absolute Gasteiger partial charge is 0.312 e. The zero-order valence-corrected chi connectivity index (χ0v) is 15.2. The third-order valence-electron chi connectivity index (χ3n) is 4.54. The Hall–Kier alpha value is -2.93. The number of nitrogens with zero attached hydrogens (tertiary/aromatic N) is 6. The highest BCUT2D eigenvalue weighted by Crippen LogP contribution is 2.44. The number of hydrogen-bond donors (Lipinski definition) is 0. The van der Waals surface area contributed by atoms with Crippen molar-refractivity contribution in [3.8, 4) is 6.07 Å². The monoisotopic (exact) mass is 410 g/mol. The minimum absolute atomic E-state index is 0.0212. The predicted molar refractivity (Wildman–Crippen MR) is 93.4 cm³/mol. The molecule has 0 N–H and O–H groups in total. The highest BCUT2D eigenvalue weighted by Gasteiger charge is 2.45. The van der Waals surface area contributed by atoms with Gasteiger partial charge in [-0.2, -0.15) is 38.0 Å². The van der Waals surface area contributed by atoms with E-state index in [1.807, 2.05) is 0 Å². The molecule has 1 aromatic carbocycles. The SMILES string of the molecule is CC(C)C(n1c2cc(C#N)cc(F)c2c2c(Cl)nc3ncnn3c21)C(F)(F)F. The zero-order chi connectivity index (χ0) is 20.4. The highest BCUT2D eigenvalue weighted by molar-refractivity contribution is 6.36. The Morgan fingerprint density at radius 1 is 1.21 bits per heavy atom. The van der Waals surface area contributed by atoms with Gasteiger partial charge in [0.05, 0.1) is 22.5 Å². The standard InChI is InChI=1S/C17H11ClF4N6/c1-7(2)13(17(20,21)22)27-10-4-8(5-23)3-9(19)11(10)12-14(18)26-16-24-6-25-28(16)15(12)27/h3-4,6-7,13H,1-2H3. The van der Waals surface area contributed by atoms with Crippen LogP contribution in [0, 0.1) is 23.1 Å². The van der Waals surface area contributed by atoms with Gasteiger partial charge >= 0.3 is 6.18 Å². The van der Waals surface area contributed by atoms with Crippen LogP contribution in [-0.2, 0) is 0 Å². The van der Waals surface area contributed by atoms with Crippen molar-refractivity contribution in [2.75, 3.05) is 0 Å². The summed E-state index contributed by atoms with van der Waals surface area (Å²) in [5.41, 5.74) is -0.320. The number of alkyl halides is 3. The first-order valence-corrected chi connectivity index (χ1v) is 8.52. The topological polar surface area (TPSA) is 71.8 Å². The van der Waals surface area contributed by atoms with Crippen molar-refractivity contribution in [1.82, 2.24) is 24.1 Å². The summed E-state index contributed by atoms with van der Waals surface area (Å²) in [7, 11) is 0. The van der Waals surface area contributed by atoms with E-state index in [0.717, 1.165) is 21.5 Å². The minimum Gasteiger partial charge on any atom is -0.312 e. The van der Waals surface area contributed by atoms with Gasteiger partial charge in [0.15, 0.2) is 0 Å². The van der Waals surface area contributed by atoms with E-state index in [-0.39, 0.29) is 38.4 Å². The van der Waals surface area contributed by atoms with Crippen LogP contribution in [0.3, 0.4) is 0 Å². The average molecular weight is 411 g/mol. The molecule has 3 heterocycles. The van der Waals surface area contributed by atoms with E-state index in [4.69, 9.17) is 11.6 Å². The van der Waals surface area contributed by atoms with Gasteiger partial charge in [-0.15, -0.1) is 0 Å². The van der Waals surface area contributed by atoms with Crippen LogP contribution in [-0.4, -0.2) is 30.3 Å². The molecule has 6 nitrogen and oxygen atoms in total. The van der Waals surface area contributed by atoms with Crippen LogP contribution in [0.2, 0.25) is 5.15 Å². The molecule has 0 saturated carbocycles. The Morgan fingerprint density at radius 3 is 2.54 bits per heavy atom. The van der Waals surface area contributed by atoms with Crippen LogP contribution < -0.4 is 0 Å². The molecule has 0 bridgehead atoms. The number of aromatic nitrogens is 5. The van der Waals surface area contributed by atoms with Crippen LogP contribution >= 0.6 is 11.6 Å². The Balaban J connectivity index is 2.35. The molecule has 1 atom stereocenters. The van der Waals surface area contributed by atoms with Gasteiger partial charge in [-0.05, 0) is 18.1 Å². The fourth-order valence-electron chi connectivity index (χ4n) is 3.55. The number of nitriles is 1. The summed E-state index contributed by atoms with van der Waals surface area (Å²) in [6.07, 6.45) is -3.54. The minimum atomic E-state index is -4.66. The lowest BCUT2D eigenvalue weighted by Crippen LogP contribution is -2.31. The summed E-state index contributed by atoms with van der Waals surface area (Å²) in [6.45, 7) is 2.81. The Kier molecular flexibility index (Phi) is 3.97. The van der Waals surface area contributed by atoms with Gasteiger partial charge in [-0.25, -0.2) is 4.39 Å². The summed E-state index contributed by atoms with van der Waals surface area (Å²) in [5, 5.41) is 12.7. The fourth-order valence-corrected chi connectivity index (χ4v) is 3.81. The van der Waals surface area contributed by atoms with Gasteiger partial charge in [-0.3, -0.25) is 0 Å². The molecule has 11 heteroatoms. The van der Waals surface area contributed by atoms with Gasteiger partial charge in [0.25, 0.3) is 5.78 Å². The van der Waals surface area contributed by atoms with Crippen LogP contribution in [0.1, 0.15) is 25.5 Å². The first kappa shape index (κ1) is 18.4. The molecule has 0 aliphatic rings. The molecular weight excluding hydrogens is 400 g/mol. The van der Waals surface area contributed by atoms with Gasteiger partial charge in [0.1, 0.15) is 29.0 Å². The van der Waals surface area contributed by atoms with Crippen molar-refractivity contribution in [2.45, 2.75) is 26.1 Å². The average Bonchev–Trinajstić information content (AvgIpc) is 3.16. The molecule has 4 aromatic rings. The van der Waals surface area contributed by atoms with E-state index in [1.54, 1.807) is 6.07 Å². The fraction of sp³-hybridized carbons (Fsp3) is 0.294. The van der Waals surface area contributed by atoms with Gasteiger partial charge in [-0.1, -0.05) is 25.4 Å². The third kappa shape index (κ3) is 2.50. The van der Waals surface area contributed by atoms with E-state index in [0.29, 0.717) is 0 Å². The lowest BCUT2D eigenvalue weighted by atomic mass is 10.0. The van der Waals surface area contributed by atoms with Gasteiger partial charge < -0.3 is 4.57 Å². The molecule has 0 amide bonds. The predicted octanol–water partition coefficient (Wildman–Crippen LogP) is 4.66. The Bertz CT molecular complexity index is 1280. The second-order valence-electron chi connectivity index (χ2n) is 6.64. The molecule has 0 spiro atoms. The molecule has 0 aliphatic heterocycles. The molecule has 28 heavy (non-hydrogen) atoms. The van der Waals surface area contributed by atoms with Crippen molar-refractivity contribution < 1.29 is 17.6 Å². The van der Waals surface area contributed by atoms with Crippen LogP contribution in [0.4, 0.5) is 17.6 Å². The lowest BCUT2D eigenvalue weighted by Gasteiger charge is -2.27. The number of rotatable bonds is 2. The maximum atomic E-state index is 14.9. The van der Waals surface area contributed by atoms with E-state index < -0.39 is 24.0 Å². The molecular formula is C17H11ClF4N6. The maximum Gasteiger partial charge on any atom is 0.409 e. The highest BCUT2D eigenvalue weighted by atomic mass is 35.5. The van der Waals surface area contributed by atoms with Gasteiger partial charge in [0, 0.05) is 5.39 Å². The van der Waals surface area contributed by atoms with E-state index in [2.05, 4.69) is 15.1 Å². The first-order valence-electron chi connectivity index (χ1n) is 8.14. The molecule has 3 aromatic heterocycles. The molecule has 0 saturated heterocycles. The lowest BCUT2D eigenvalue weighted by molar-refractivity contribution is -0.176. The molecule has 0 aliphatic carbocycles. The first-order chi connectivity index (χ1) is 13.1. The number of hydrogen-bond acceptors (Lipinski definition) is 4. The van der Waals surface area contributed by atoms with Crippen LogP contribution in [0.5, 0.6) is 0 Å². The van der Waals surface area contributed by atoms with Crippen molar-refractivity contribution in [1.29, 1.82) is 5.26 Å². The second-order valence-corrected chi connectivity index (χ2v) is 7.00. The Labute approximate surface area is 160 Å². The normalized spacial score (nSPS) is 13.7. The second kappa shape index (κ2) is 6.04. The largest absolute Gasteiger partial charge is 0.409 e. The number of halogens is 5. The summed E-state index contributed by atoms with van der Waals surface area (Å²) in [4.78, 5) is 7.88. The zero-order valence-electron chi connectivity index (χ0n) is 14.5. The van der Waals surface area contributed by atoms with Crippen LogP contribution in [0.25, 0.3) is 27.7 Å². The van der Waals surface area contributed by atoms with E-state index in [9.17, 15) is 22.8 Å². The quantitative estimate of drug-likeness (QED) is 0.356. The van der Waals surface area contributed by atoms with Crippen molar-refractivity contribution >= 4 is 39.3 Å². The molecule has 0 radical (unpaired) electrons. The van der Waals surface area contributed by atoms with Crippen LogP contribution in [0.15, 0.2) is 18.5 Å². The maximum absolute atomic E-state index is 14.9. The number of fused-ring (bicyclic) bond motifs is 5. The summed E-state index contributed by atoms with van der Waals surface area (Å²) in [5.74, 6) is -1.80. The summed E-state index contributed by atoms with van der Waals surface area (Å²) >= 11 is 6.21. The van der Waals surface area contributed by atoms with Crippen molar-refractivity contribution in [2.24, 2.45) is 5.92 Å². The van der Waals surface area contributed by atoms with E-state index in [1.165, 1.54) is 19.9 Å². The number of benzene rings is 1. The van der Waals surface area contributed by atoms with Crippen molar-refractivity contribution in [3.63, 3.8) is 0 Å². The summed E-state index contributed by atoms with van der Waals surface area (Å²) < 4.78 is 59.0. The molecule has 0 fully saturated rings. The molecule has 4 rings (SSSR count). The Morgan fingerprint density at radius 2 is 1.93 bits per heavy atom.